The average Bonchev–Trinajstić information content (AvgIpc) is 2.24. The van der Waals surface area contributed by atoms with Gasteiger partial charge in [-0.1, -0.05) is 11.6 Å². The van der Waals surface area contributed by atoms with E-state index in [-0.39, 0.29) is 29.7 Å². The number of hydrogen-bond donors (Lipinski definition) is 0. The van der Waals surface area contributed by atoms with Gasteiger partial charge in [-0.15, -0.1) is 0 Å². The Morgan fingerprint density at radius 1 is 1.44 bits per heavy atom. The third-order valence-corrected chi connectivity index (χ3v) is 2.40. The minimum Gasteiger partial charge on any atom is -0.489 e. The first-order valence-electron chi connectivity index (χ1n) is 5.74. The highest BCUT2D eigenvalue weighted by Crippen LogP contribution is 2.29. The van der Waals surface area contributed by atoms with Crippen molar-refractivity contribution in [3.05, 3.63) is 28.5 Å². The maximum Gasteiger partial charge on any atom is 0.310 e. The summed E-state index contributed by atoms with van der Waals surface area (Å²) in [4.78, 5) is 11.3. The summed E-state index contributed by atoms with van der Waals surface area (Å²) in [7, 11) is 0. The molecule has 0 saturated heterocycles. The van der Waals surface area contributed by atoms with E-state index < -0.39 is 11.8 Å². The van der Waals surface area contributed by atoms with E-state index >= 15 is 0 Å². The average molecular weight is 275 g/mol. The molecular weight excluding hydrogens is 259 g/mol. The zero-order valence-corrected chi connectivity index (χ0v) is 11.4. The first-order chi connectivity index (χ1) is 8.43. The number of carbonyl (C=O) groups excluding carboxylic acids is 1. The van der Waals surface area contributed by atoms with Gasteiger partial charge < -0.3 is 9.47 Å². The van der Waals surface area contributed by atoms with Gasteiger partial charge in [0.15, 0.2) is 0 Å². The molecule has 0 bridgehead atoms. The summed E-state index contributed by atoms with van der Waals surface area (Å²) in [6.45, 7) is 5.64. The lowest BCUT2D eigenvalue weighted by Crippen LogP contribution is -2.10. The van der Waals surface area contributed by atoms with Crippen LogP contribution in [0.3, 0.4) is 0 Å². The Labute approximate surface area is 111 Å². The van der Waals surface area contributed by atoms with Crippen LogP contribution in [0.1, 0.15) is 26.3 Å². The largest absolute Gasteiger partial charge is 0.489 e. The second kappa shape index (κ2) is 6.59. The molecule has 3 nitrogen and oxygen atoms in total. The molecule has 0 aliphatic heterocycles. The van der Waals surface area contributed by atoms with Gasteiger partial charge in [0.2, 0.25) is 0 Å². The van der Waals surface area contributed by atoms with Gasteiger partial charge in [0.05, 0.1) is 24.2 Å². The van der Waals surface area contributed by atoms with Crippen molar-refractivity contribution in [2.45, 2.75) is 33.3 Å². The van der Waals surface area contributed by atoms with Crippen LogP contribution in [0.2, 0.25) is 5.02 Å². The number of carbonyl (C=O) groups is 1. The van der Waals surface area contributed by atoms with Crippen molar-refractivity contribution in [2.24, 2.45) is 0 Å². The summed E-state index contributed by atoms with van der Waals surface area (Å²) in [5.41, 5.74) is 0.216. The molecule has 18 heavy (non-hydrogen) atoms. The first kappa shape index (κ1) is 14.8. The Hall–Kier alpha value is -1.29. The van der Waals surface area contributed by atoms with Crippen molar-refractivity contribution in [3.8, 4) is 5.75 Å². The van der Waals surface area contributed by atoms with Gasteiger partial charge in [-0.3, -0.25) is 4.79 Å². The van der Waals surface area contributed by atoms with Crippen LogP contribution < -0.4 is 4.74 Å². The van der Waals surface area contributed by atoms with Crippen LogP contribution in [0.15, 0.2) is 12.1 Å². The highest BCUT2D eigenvalue weighted by atomic mass is 35.5. The van der Waals surface area contributed by atoms with E-state index in [2.05, 4.69) is 0 Å². The van der Waals surface area contributed by atoms with Crippen LogP contribution in [-0.4, -0.2) is 18.7 Å². The first-order valence-corrected chi connectivity index (χ1v) is 6.12. The highest BCUT2D eigenvalue weighted by Gasteiger charge is 2.14. The highest BCUT2D eigenvalue weighted by molar-refractivity contribution is 6.32. The molecule has 0 saturated carbocycles. The molecule has 0 aliphatic carbocycles. The van der Waals surface area contributed by atoms with Crippen molar-refractivity contribution < 1.29 is 18.7 Å². The van der Waals surface area contributed by atoms with E-state index in [1.165, 1.54) is 6.07 Å². The lowest BCUT2D eigenvalue weighted by Gasteiger charge is -2.13. The normalized spacial score (nSPS) is 10.6. The number of esters is 1. The number of benzene rings is 1. The molecule has 1 rings (SSSR count). The van der Waals surface area contributed by atoms with Gasteiger partial charge >= 0.3 is 5.97 Å². The van der Waals surface area contributed by atoms with E-state index in [4.69, 9.17) is 21.1 Å². The SMILES string of the molecule is CCOC(=O)Cc1cc(OC(C)C)c(Cl)cc1F. The fourth-order valence-electron chi connectivity index (χ4n) is 1.42. The van der Waals surface area contributed by atoms with E-state index in [0.29, 0.717) is 5.75 Å². The molecular formula is C13H16ClFO3. The van der Waals surface area contributed by atoms with Gasteiger partial charge in [-0.2, -0.15) is 0 Å². The van der Waals surface area contributed by atoms with E-state index in [0.717, 1.165) is 6.07 Å². The van der Waals surface area contributed by atoms with Gasteiger partial charge in [-0.25, -0.2) is 4.39 Å². The molecule has 0 amide bonds. The predicted octanol–water partition coefficient (Wildman–Crippen LogP) is 3.37. The van der Waals surface area contributed by atoms with Gasteiger partial charge in [0, 0.05) is 5.56 Å². The standard InChI is InChI=1S/C13H16ClFO3/c1-4-17-13(16)6-9-5-12(18-8(2)3)10(14)7-11(9)15/h5,7-8H,4,6H2,1-3H3. The summed E-state index contributed by atoms with van der Waals surface area (Å²) in [5, 5.41) is 0.189. The molecule has 0 radical (unpaired) electrons. The molecule has 5 heteroatoms. The van der Waals surface area contributed by atoms with Gasteiger partial charge in [-0.05, 0) is 32.9 Å². The van der Waals surface area contributed by atoms with Crippen molar-refractivity contribution in [3.63, 3.8) is 0 Å². The topological polar surface area (TPSA) is 35.5 Å². The molecule has 1 aromatic rings. The second-order valence-corrected chi connectivity index (χ2v) is 4.43. The Morgan fingerprint density at radius 3 is 2.67 bits per heavy atom. The molecule has 0 aromatic heterocycles. The van der Waals surface area contributed by atoms with Crippen molar-refractivity contribution in [1.29, 1.82) is 0 Å². The summed E-state index contributed by atoms with van der Waals surface area (Å²) in [5.74, 6) is -0.647. The molecule has 1 aromatic carbocycles. The third-order valence-electron chi connectivity index (χ3n) is 2.10. The number of halogens is 2. The lowest BCUT2D eigenvalue weighted by atomic mass is 10.1. The Bertz CT molecular complexity index is 432. The molecule has 0 heterocycles. The summed E-state index contributed by atoms with van der Waals surface area (Å²) >= 11 is 5.86. The summed E-state index contributed by atoms with van der Waals surface area (Å²) in [6, 6.07) is 2.59. The smallest absolute Gasteiger partial charge is 0.310 e. The van der Waals surface area contributed by atoms with Gasteiger partial charge in [0.25, 0.3) is 0 Å². The Kier molecular flexibility index (Phi) is 5.41. The predicted molar refractivity (Wildman–Crippen MR) is 67.5 cm³/mol. The van der Waals surface area contributed by atoms with Crippen molar-refractivity contribution >= 4 is 17.6 Å². The quantitative estimate of drug-likeness (QED) is 0.772. The lowest BCUT2D eigenvalue weighted by molar-refractivity contribution is -0.142. The number of ether oxygens (including phenoxy) is 2. The van der Waals surface area contributed by atoms with Crippen LogP contribution in [-0.2, 0) is 16.0 Å². The summed E-state index contributed by atoms with van der Waals surface area (Å²) < 4.78 is 23.8. The third kappa shape index (κ3) is 4.18. The van der Waals surface area contributed by atoms with E-state index in [9.17, 15) is 9.18 Å². The molecule has 0 aliphatic rings. The molecule has 0 unspecified atom stereocenters. The molecule has 0 atom stereocenters. The summed E-state index contributed by atoms with van der Waals surface area (Å²) in [6.07, 6.45) is -0.214. The fraction of sp³-hybridized carbons (Fsp3) is 0.462. The monoisotopic (exact) mass is 274 g/mol. The molecule has 0 fully saturated rings. The van der Waals surface area contributed by atoms with Crippen LogP contribution in [0, 0.1) is 5.82 Å². The molecule has 0 spiro atoms. The minimum absolute atomic E-state index is 0.0802. The Morgan fingerprint density at radius 2 is 2.11 bits per heavy atom. The maximum atomic E-state index is 13.6. The minimum atomic E-state index is -0.538. The van der Waals surface area contributed by atoms with E-state index in [1.54, 1.807) is 6.92 Å². The maximum absolute atomic E-state index is 13.6. The van der Waals surface area contributed by atoms with Crippen LogP contribution >= 0.6 is 11.6 Å². The zero-order chi connectivity index (χ0) is 13.7. The zero-order valence-electron chi connectivity index (χ0n) is 10.6. The van der Waals surface area contributed by atoms with Crippen molar-refractivity contribution in [2.75, 3.05) is 6.61 Å². The molecule has 100 valence electrons. The van der Waals surface area contributed by atoms with Crippen molar-refractivity contribution in [1.82, 2.24) is 0 Å². The van der Waals surface area contributed by atoms with Crippen LogP contribution in [0.4, 0.5) is 4.39 Å². The van der Waals surface area contributed by atoms with E-state index in [1.807, 2.05) is 13.8 Å². The number of hydrogen-bond acceptors (Lipinski definition) is 3. The number of rotatable bonds is 5. The Balaban J connectivity index is 2.94. The van der Waals surface area contributed by atoms with Crippen LogP contribution in [0.5, 0.6) is 5.75 Å². The fourth-order valence-corrected chi connectivity index (χ4v) is 1.61. The molecule has 0 N–H and O–H groups in total. The second-order valence-electron chi connectivity index (χ2n) is 4.02. The van der Waals surface area contributed by atoms with Crippen LogP contribution in [0.25, 0.3) is 0 Å². The van der Waals surface area contributed by atoms with Gasteiger partial charge in [0.1, 0.15) is 11.6 Å².